The van der Waals surface area contributed by atoms with Gasteiger partial charge in [0.25, 0.3) is 0 Å². The van der Waals surface area contributed by atoms with E-state index in [1.54, 1.807) is 13.0 Å². The highest BCUT2D eigenvalue weighted by atomic mass is 16.2. The Balaban J connectivity index is 1.95. The second-order valence-corrected chi connectivity index (χ2v) is 3.74. The Morgan fingerprint density at radius 3 is 2.73 bits per heavy atom. The third kappa shape index (κ3) is 5.88. The smallest absolute Gasteiger partial charge is 0.243 e. The molecular formula is C11H18N2O2. The van der Waals surface area contributed by atoms with E-state index in [1.807, 2.05) is 0 Å². The molecular weight excluding hydrogens is 192 g/mol. The molecule has 1 aliphatic carbocycles. The molecule has 0 bridgehead atoms. The van der Waals surface area contributed by atoms with E-state index in [0.29, 0.717) is 25.4 Å². The molecule has 1 rings (SSSR count). The number of rotatable bonds is 6. The molecule has 84 valence electrons. The van der Waals surface area contributed by atoms with Crippen molar-refractivity contribution in [2.75, 3.05) is 6.54 Å². The first-order valence-corrected chi connectivity index (χ1v) is 5.42. The van der Waals surface area contributed by atoms with Crippen molar-refractivity contribution in [2.24, 2.45) is 0 Å². The van der Waals surface area contributed by atoms with Crippen molar-refractivity contribution >= 4 is 11.8 Å². The van der Waals surface area contributed by atoms with Crippen LogP contribution in [0.4, 0.5) is 0 Å². The summed E-state index contributed by atoms with van der Waals surface area (Å²) in [6, 6.07) is 0.426. The summed E-state index contributed by atoms with van der Waals surface area (Å²) in [7, 11) is 0. The fourth-order valence-electron chi connectivity index (χ4n) is 1.20. The molecule has 0 aliphatic heterocycles. The number of amides is 2. The number of allylic oxidation sites excluding steroid dienone is 1. The zero-order chi connectivity index (χ0) is 11.1. The van der Waals surface area contributed by atoms with Gasteiger partial charge < -0.3 is 10.6 Å². The van der Waals surface area contributed by atoms with Crippen LogP contribution in [-0.4, -0.2) is 24.4 Å². The number of nitrogens with one attached hydrogen (secondary N) is 2. The van der Waals surface area contributed by atoms with Crippen molar-refractivity contribution in [1.82, 2.24) is 10.6 Å². The molecule has 0 spiro atoms. The van der Waals surface area contributed by atoms with Gasteiger partial charge in [-0.2, -0.15) is 0 Å². The van der Waals surface area contributed by atoms with E-state index in [2.05, 4.69) is 10.6 Å². The van der Waals surface area contributed by atoms with Crippen LogP contribution in [0, 0.1) is 0 Å². The van der Waals surface area contributed by atoms with Crippen molar-refractivity contribution in [3.8, 4) is 0 Å². The lowest BCUT2D eigenvalue weighted by Crippen LogP contribution is -2.27. The maximum Gasteiger partial charge on any atom is 0.243 e. The van der Waals surface area contributed by atoms with Crippen LogP contribution in [0.15, 0.2) is 12.2 Å². The molecule has 4 heteroatoms. The predicted octanol–water partition coefficient (Wildman–Crippen LogP) is 0.737. The van der Waals surface area contributed by atoms with Gasteiger partial charge in [0.1, 0.15) is 0 Å². The summed E-state index contributed by atoms with van der Waals surface area (Å²) >= 11 is 0. The van der Waals surface area contributed by atoms with Crippen LogP contribution in [0.5, 0.6) is 0 Å². The third-order valence-corrected chi connectivity index (χ3v) is 2.14. The second kappa shape index (κ2) is 6.22. The molecule has 0 heterocycles. The van der Waals surface area contributed by atoms with Crippen LogP contribution in [0.25, 0.3) is 0 Å². The van der Waals surface area contributed by atoms with Crippen LogP contribution in [0.1, 0.15) is 32.6 Å². The highest BCUT2D eigenvalue weighted by molar-refractivity contribution is 5.87. The highest BCUT2D eigenvalue weighted by Crippen LogP contribution is 2.18. The zero-order valence-corrected chi connectivity index (χ0v) is 9.08. The molecule has 0 atom stereocenters. The Hall–Kier alpha value is -1.32. The lowest BCUT2D eigenvalue weighted by molar-refractivity contribution is -0.121. The molecule has 0 aromatic rings. The van der Waals surface area contributed by atoms with Crippen molar-refractivity contribution in [2.45, 2.75) is 38.6 Å². The minimum Gasteiger partial charge on any atom is -0.353 e. The normalized spacial score (nSPS) is 15.3. The topological polar surface area (TPSA) is 58.2 Å². The maximum atomic E-state index is 11.2. The number of carbonyl (C=O) groups excluding carboxylic acids is 2. The van der Waals surface area contributed by atoms with Crippen molar-refractivity contribution in [3.05, 3.63) is 12.2 Å². The van der Waals surface area contributed by atoms with E-state index in [0.717, 1.165) is 12.8 Å². The van der Waals surface area contributed by atoms with Crippen molar-refractivity contribution < 1.29 is 9.59 Å². The fraction of sp³-hybridized carbons (Fsp3) is 0.636. The van der Waals surface area contributed by atoms with E-state index in [-0.39, 0.29) is 11.8 Å². The van der Waals surface area contributed by atoms with Gasteiger partial charge in [-0.3, -0.25) is 9.59 Å². The molecule has 2 amide bonds. The van der Waals surface area contributed by atoms with E-state index in [1.165, 1.54) is 6.08 Å². The lowest BCUT2D eigenvalue weighted by atomic mass is 10.3. The van der Waals surface area contributed by atoms with Gasteiger partial charge in [-0.15, -0.1) is 0 Å². The van der Waals surface area contributed by atoms with E-state index >= 15 is 0 Å². The highest BCUT2D eigenvalue weighted by Gasteiger charge is 2.22. The first-order valence-electron chi connectivity index (χ1n) is 5.42. The van der Waals surface area contributed by atoms with Gasteiger partial charge in [0, 0.05) is 19.0 Å². The molecule has 2 N–H and O–H groups in total. The Morgan fingerprint density at radius 1 is 1.40 bits per heavy atom. The first kappa shape index (κ1) is 11.8. The van der Waals surface area contributed by atoms with Gasteiger partial charge in [-0.1, -0.05) is 6.08 Å². The zero-order valence-electron chi connectivity index (χ0n) is 9.08. The summed E-state index contributed by atoms with van der Waals surface area (Å²) in [6.45, 7) is 2.35. The monoisotopic (exact) mass is 210 g/mol. The minimum atomic E-state index is -0.0971. The molecule has 1 aliphatic rings. The molecule has 0 radical (unpaired) electrons. The Morgan fingerprint density at radius 2 is 2.13 bits per heavy atom. The minimum absolute atomic E-state index is 0.0952. The summed E-state index contributed by atoms with van der Waals surface area (Å²) in [5, 5.41) is 5.60. The molecule has 0 aromatic heterocycles. The van der Waals surface area contributed by atoms with Crippen LogP contribution in [0.2, 0.25) is 0 Å². The fourth-order valence-corrected chi connectivity index (χ4v) is 1.20. The maximum absolute atomic E-state index is 11.2. The number of carbonyl (C=O) groups is 2. The van der Waals surface area contributed by atoms with Gasteiger partial charge in [0.05, 0.1) is 0 Å². The molecule has 0 unspecified atom stereocenters. The summed E-state index contributed by atoms with van der Waals surface area (Å²) in [5.41, 5.74) is 0. The average molecular weight is 210 g/mol. The van der Waals surface area contributed by atoms with Crippen LogP contribution < -0.4 is 10.6 Å². The largest absolute Gasteiger partial charge is 0.353 e. The molecule has 1 fully saturated rings. The third-order valence-electron chi connectivity index (χ3n) is 2.14. The van der Waals surface area contributed by atoms with E-state index in [9.17, 15) is 9.59 Å². The quantitative estimate of drug-likeness (QED) is 0.502. The number of hydrogen-bond donors (Lipinski definition) is 2. The molecule has 0 aromatic carbocycles. The summed E-state index contributed by atoms with van der Waals surface area (Å²) in [6.07, 6.45) is 6.58. The van der Waals surface area contributed by atoms with Gasteiger partial charge in [-0.05, 0) is 32.3 Å². The SMILES string of the molecule is CC=CC(=O)NCCCC(=O)NC1CC1. The van der Waals surface area contributed by atoms with Crippen LogP contribution in [0.3, 0.4) is 0 Å². The number of hydrogen-bond acceptors (Lipinski definition) is 2. The predicted molar refractivity (Wildman–Crippen MR) is 58.2 cm³/mol. The van der Waals surface area contributed by atoms with Gasteiger partial charge in [-0.25, -0.2) is 0 Å². The molecule has 1 saturated carbocycles. The standard InChI is InChI=1S/C11H18N2O2/c1-2-4-10(14)12-8-3-5-11(15)13-9-6-7-9/h2,4,9H,3,5-8H2,1H3,(H,12,14)(H,13,15). The van der Waals surface area contributed by atoms with Gasteiger partial charge in [0.2, 0.25) is 11.8 Å². The molecule has 15 heavy (non-hydrogen) atoms. The van der Waals surface area contributed by atoms with E-state index in [4.69, 9.17) is 0 Å². The summed E-state index contributed by atoms with van der Waals surface area (Å²) in [4.78, 5) is 22.2. The van der Waals surface area contributed by atoms with Crippen molar-refractivity contribution in [3.63, 3.8) is 0 Å². The van der Waals surface area contributed by atoms with Crippen LogP contribution in [-0.2, 0) is 9.59 Å². The molecule has 4 nitrogen and oxygen atoms in total. The van der Waals surface area contributed by atoms with Gasteiger partial charge in [0.15, 0.2) is 0 Å². The lowest BCUT2D eigenvalue weighted by Gasteiger charge is -2.03. The average Bonchev–Trinajstić information content (AvgIpc) is 2.97. The van der Waals surface area contributed by atoms with Crippen molar-refractivity contribution in [1.29, 1.82) is 0 Å². The molecule has 0 saturated heterocycles. The summed E-state index contributed by atoms with van der Waals surface area (Å²) in [5.74, 6) is -0.00196. The first-order chi connectivity index (χ1) is 7.22. The summed E-state index contributed by atoms with van der Waals surface area (Å²) < 4.78 is 0. The Labute approximate surface area is 90.1 Å². The Bertz CT molecular complexity index is 257. The Kier molecular flexibility index (Phi) is 4.87. The van der Waals surface area contributed by atoms with Gasteiger partial charge >= 0.3 is 0 Å². The van der Waals surface area contributed by atoms with Crippen LogP contribution >= 0.6 is 0 Å². The van der Waals surface area contributed by atoms with E-state index < -0.39 is 0 Å². The second-order valence-electron chi connectivity index (χ2n) is 3.74.